The van der Waals surface area contributed by atoms with Gasteiger partial charge in [0, 0.05) is 12.3 Å². The lowest BCUT2D eigenvalue weighted by Crippen LogP contribution is -2.42. The fourth-order valence-corrected chi connectivity index (χ4v) is 2.83. The number of H-pyrrole nitrogens is 1. The van der Waals surface area contributed by atoms with Crippen LogP contribution in [0.4, 0.5) is 4.39 Å². The van der Waals surface area contributed by atoms with Gasteiger partial charge in [-0.15, -0.1) is 0 Å². The number of halogens is 1. The van der Waals surface area contributed by atoms with Gasteiger partial charge in [-0.25, -0.2) is 9.18 Å². The van der Waals surface area contributed by atoms with Gasteiger partial charge in [-0.2, -0.15) is 0 Å². The topological polar surface area (TPSA) is 103 Å². The molecule has 1 aromatic heterocycles. The van der Waals surface area contributed by atoms with Gasteiger partial charge in [-0.3, -0.25) is 14.3 Å². The average Bonchev–Trinajstić information content (AvgIpc) is 2.88. The van der Waals surface area contributed by atoms with Gasteiger partial charge in [0.1, 0.15) is 18.8 Å². The van der Waals surface area contributed by atoms with Gasteiger partial charge in [-0.05, 0) is 13.8 Å². The first kappa shape index (κ1) is 15.3. The molecule has 0 unspecified atom stereocenters. The van der Waals surface area contributed by atoms with Crippen LogP contribution < -0.4 is 11.2 Å². The van der Waals surface area contributed by atoms with Gasteiger partial charge >= 0.3 is 5.69 Å². The third-order valence-corrected chi connectivity index (χ3v) is 3.76. The predicted molar refractivity (Wildman–Crippen MR) is 70.9 cm³/mol. The molecule has 0 bridgehead atoms. The quantitative estimate of drug-likeness (QED) is 0.750. The third-order valence-electron chi connectivity index (χ3n) is 3.76. The molecule has 2 N–H and O–H groups in total. The summed E-state index contributed by atoms with van der Waals surface area (Å²) in [4.78, 5) is 24.9. The fourth-order valence-electron chi connectivity index (χ4n) is 2.83. The summed E-state index contributed by atoms with van der Waals surface area (Å²) < 4.78 is 32.1. The monoisotopic (exact) mass is 316 g/mol. The summed E-state index contributed by atoms with van der Waals surface area (Å²) in [6.45, 7) is 2.34. The number of aromatic nitrogens is 2. The SMILES string of the molecule is CC1(C)O[C@H]2[C@H](Cn3ccc(=O)[nH]c3=O)O[C@](F)(CO)[C@H]2O1. The van der Waals surface area contributed by atoms with Crippen molar-refractivity contribution >= 4 is 0 Å². The van der Waals surface area contributed by atoms with Gasteiger partial charge in [-0.1, -0.05) is 0 Å². The minimum Gasteiger partial charge on any atom is -0.390 e. The van der Waals surface area contributed by atoms with E-state index in [-0.39, 0.29) is 6.54 Å². The first-order valence-electron chi connectivity index (χ1n) is 6.87. The summed E-state index contributed by atoms with van der Waals surface area (Å²) in [7, 11) is 0. The molecule has 2 aliphatic rings. The Morgan fingerprint density at radius 3 is 2.73 bits per heavy atom. The molecule has 1 aromatic rings. The fraction of sp³-hybridized carbons (Fsp3) is 0.692. The van der Waals surface area contributed by atoms with Crippen molar-refractivity contribution in [2.75, 3.05) is 6.61 Å². The van der Waals surface area contributed by atoms with E-state index in [1.54, 1.807) is 13.8 Å². The van der Waals surface area contributed by atoms with Crippen LogP contribution in [0, 0.1) is 0 Å². The van der Waals surface area contributed by atoms with E-state index in [4.69, 9.17) is 14.2 Å². The number of nitrogens with zero attached hydrogens (tertiary/aromatic N) is 1. The van der Waals surface area contributed by atoms with Crippen molar-refractivity contribution in [2.45, 2.75) is 50.3 Å². The molecule has 2 fully saturated rings. The van der Waals surface area contributed by atoms with E-state index in [1.165, 1.54) is 16.8 Å². The predicted octanol–water partition coefficient (Wildman–Crippen LogP) is -0.886. The molecular weight excluding hydrogens is 299 g/mol. The summed E-state index contributed by atoms with van der Waals surface area (Å²) in [6.07, 6.45) is -1.41. The number of aromatic amines is 1. The van der Waals surface area contributed by atoms with Crippen molar-refractivity contribution in [3.63, 3.8) is 0 Å². The van der Waals surface area contributed by atoms with Crippen molar-refractivity contribution in [1.82, 2.24) is 9.55 Å². The summed E-state index contributed by atoms with van der Waals surface area (Å²) in [5, 5.41) is 9.27. The second-order valence-corrected chi connectivity index (χ2v) is 5.88. The molecular formula is C13H17FN2O6. The normalized spacial score (nSPS) is 36.5. The Labute approximate surface area is 124 Å². The largest absolute Gasteiger partial charge is 0.390 e. The number of nitrogens with one attached hydrogen (secondary N) is 1. The highest BCUT2D eigenvalue weighted by Crippen LogP contribution is 2.44. The minimum atomic E-state index is -2.39. The highest BCUT2D eigenvalue weighted by molar-refractivity contribution is 5.02. The molecule has 3 heterocycles. The first-order valence-corrected chi connectivity index (χ1v) is 6.87. The lowest BCUT2D eigenvalue weighted by molar-refractivity contribution is -0.255. The van der Waals surface area contributed by atoms with E-state index in [0.29, 0.717) is 0 Å². The van der Waals surface area contributed by atoms with Crippen molar-refractivity contribution in [1.29, 1.82) is 0 Å². The van der Waals surface area contributed by atoms with Crippen LogP contribution in [0.3, 0.4) is 0 Å². The van der Waals surface area contributed by atoms with Gasteiger partial charge in [0.05, 0.1) is 6.54 Å². The van der Waals surface area contributed by atoms with Crippen molar-refractivity contribution in [2.24, 2.45) is 0 Å². The van der Waals surface area contributed by atoms with Crippen molar-refractivity contribution < 1.29 is 23.7 Å². The molecule has 22 heavy (non-hydrogen) atoms. The lowest BCUT2D eigenvalue weighted by atomic mass is 10.1. The molecule has 0 spiro atoms. The zero-order valence-electron chi connectivity index (χ0n) is 12.1. The standard InChI is InChI=1S/C13H17FN2O6/c1-12(2)21-9-7(20-13(14,6-17)10(9)22-12)5-16-4-3-8(18)15-11(16)19/h3-4,7,9-10,17H,5-6H2,1-2H3,(H,15,18,19)/t7-,9-,10-,13+/m0/s1. The Morgan fingerprint density at radius 2 is 2.09 bits per heavy atom. The lowest BCUT2D eigenvalue weighted by Gasteiger charge is -2.26. The molecule has 2 saturated heterocycles. The summed E-state index contributed by atoms with van der Waals surface area (Å²) >= 11 is 0. The Bertz CT molecular complexity index is 686. The second kappa shape index (κ2) is 4.98. The van der Waals surface area contributed by atoms with E-state index in [9.17, 15) is 19.1 Å². The van der Waals surface area contributed by atoms with Crippen LogP contribution in [0.1, 0.15) is 13.8 Å². The molecule has 4 atom stereocenters. The Hall–Kier alpha value is -1.55. The van der Waals surface area contributed by atoms with E-state index in [0.717, 1.165) is 0 Å². The zero-order valence-corrected chi connectivity index (χ0v) is 12.1. The molecule has 0 aromatic carbocycles. The number of hydrogen-bond acceptors (Lipinski definition) is 6. The number of ether oxygens (including phenoxy) is 3. The molecule has 0 aliphatic carbocycles. The first-order chi connectivity index (χ1) is 10.2. The maximum atomic E-state index is 14.6. The maximum Gasteiger partial charge on any atom is 0.328 e. The van der Waals surface area contributed by atoms with E-state index >= 15 is 0 Å². The second-order valence-electron chi connectivity index (χ2n) is 5.88. The van der Waals surface area contributed by atoms with Crippen LogP contribution in [0.25, 0.3) is 0 Å². The molecule has 9 heteroatoms. The van der Waals surface area contributed by atoms with E-state index in [1.807, 2.05) is 0 Å². The number of fused-ring (bicyclic) bond motifs is 1. The van der Waals surface area contributed by atoms with Crippen LogP contribution in [-0.2, 0) is 20.8 Å². The number of aliphatic hydroxyl groups is 1. The number of rotatable bonds is 3. The summed E-state index contributed by atoms with van der Waals surface area (Å²) in [5.74, 6) is -3.41. The van der Waals surface area contributed by atoms with Gasteiger partial charge in [0.25, 0.3) is 11.4 Å². The zero-order chi connectivity index (χ0) is 16.1. The molecule has 0 radical (unpaired) electrons. The Kier molecular flexibility index (Phi) is 3.48. The van der Waals surface area contributed by atoms with Gasteiger partial charge in [0.2, 0.25) is 0 Å². The van der Waals surface area contributed by atoms with Crippen LogP contribution in [-0.4, -0.2) is 51.2 Å². The molecule has 8 nitrogen and oxygen atoms in total. The molecule has 122 valence electrons. The minimum absolute atomic E-state index is 0.0398. The van der Waals surface area contributed by atoms with Gasteiger partial charge in [0.15, 0.2) is 11.9 Å². The summed E-state index contributed by atoms with van der Waals surface area (Å²) in [6, 6.07) is 1.18. The highest BCUT2D eigenvalue weighted by atomic mass is 19.2. The Morgan fingerprint density at radius 1 is 1.36 bits per heavy atom. The van der Waals surface area contributed by atoms with Crippen LogP contribution >= 0.6 is 0 Å². The van der Waals surface area contributed by atoms with Crippen molar-refractivity contribution in [3.05, 3.63) is 33.1 Å². The van der Waals surface area contributed by atoms with Crippen LogP contribution in [0.5, 0.6) is 0 Å². The Balaban J connectivity index is 1.88. The number of hydrogen-bond donors (Lipinski definition) is 2. The average molecular weight is 316 g/mol. The van der Waals surface area contributed by atoms with E-state index in [2.05, 4.69) is 4.98 Å². The van der Waals surface area contributed by atoms with Crippen molar-refractivity contribution in [3.8, 4) is 0 Å². The number of aliphatic hydroxyl groups excluding tert-OH is 1. The molecule has 2 aliphatic heterocycles. The van der Waals surface area contributed by atoms with E-state index < -0.39 is 47.8 Å². The molecule has 0 amide bonds. The molecule has 0 saturated carbocycles. The third kappa shape index (κ3) is 2.50. The molecule has 3 rings (SSSR count). The summed E-state index contributed by atoms with van der Waals surface area (Å²) in [5.41, 5.74) is -1.16. The van der Waals surface area contributed by atoms with Crippen LogP contribution in [0.15, 0.2) is 21.9 Å². The van der Waals surface area contributed by atoms with Gasteiger partial charge < -0.3 is 19.3 Å². The smallest absolute Gasteiger partial charge is 0.328 e. The maximum absolute atomic E-state index is 14.6. The number of alkyl halides is 1. The highest BCUT2D eigenvalue weighted by Gasteiger charge is 2.63. The van der Waals surface area contributed by atoms with Crippen LogP contribution in [0.2, 0.25) is 0 Å².